The zero-order valence-electron chi connectivity index (χ0n) is 17.0. The maximum atomic E-state index is 5.80. The standard InChI is InChI=1S/C12H17NS.C10H15ClN2/c1-9-5-7-10(8-6-9)11(14)13-12(2,3)4;1-2-13-6-5-8-3-4-9(11)10(12)7-8/h5-8H,1-4H3,(H,13,14);3-4,7,13H,2,5-6,12H2,1H3. The summed E-state index contributed by atoms with van der Waals surface area (Å²) in [6.45, 7) is 12.5. The maximum absolute atomic E-state index is 5.80. The highest BCUT2D eigenvalue weighted by molar-refractivity contribution is 7.80. The Morgan fingerprint density at radius 1 is 1.11 bits per heavy atom. The van der Waals surface area contributed by atoms with E-state index in [0.29, 0.717) is 10.7 Å². The number of thiocarbonyl (C=S) groups is 1. The number of hydrogen-bond donors (Lipinski definition) is 3. The number of nitrogen functional groups attached to an aromatic ring is 1. The first-order chi connectivity index (χ1) is 12.6. The normalized spacial score (nSPS) is 10.7. The molecule has 0 saturated heterocycles. The van der Waals surface area contributed by atoms with Crippen molar-refractivity contribution in [3.05, 3.63) is 64.2 Å². The van der Waals surface area contributed by atoms with Crippen LogP contribution < -0.4 is 16.4 Å². The Morgan fingerprint density at radius 3 is 2.26 bits per heavy atom. The molecule has 0 aliphatic carbocycles. The second-order valence-corrected chi connectivity index (χ2v) is 8.35. The Labute approximate surface area is 174 Å². The summed E-state index contributed by atoms with van der Waals surface area (Å²) in [5, 5.41) is 7.17. The van der Waals surface area contributed by atoms with Crippen molar-refractivity contribution in [3.63, 3.8) is 0 Å². The molecule has 0 atom stereocenters. The van der Waals surface area contributed by atoms with Crippen molar-refractivity contribution in [2.75, 3.05) is 18.8 Å². The molecule has 0 saturated carbocycles. The van der Waals surface area contributed by atoms with Crippen LogP contribution >= 0.6 is 23.8 Å². The van der Waals surface area contributed by atoms with Crippen molar-refractivity contribution in [2.24, 2.45) is 0 Å². The van der Waals surface area contributed by atoms with Gasteiger partial charge in [-0.05, 0) is 64.9 Å². The first-order valence-corrected chi connectivity index (χ1v) is 10.0. The highest BCUT2D eigenvalue weighted by Gasteiger charge is 2.11. The van der Waals surface area contributed by atoms with Crippen molar-refractivity contribution in [1.82, 2.24) is 10.6 Å². The summed E-state index contributed by atoms with van der Waals surface area (Å²) in [5.74, 6) is 0. The van der Waals surface area contributed by atoms with Crippen LogP contribution in [0.4, 0.5) is 5.69 Å². The third-order valence-electron chi connectivity index (χ3n) is 3.70. The van der Waals surface area contributed by atoms with Crippen LogP contribution in [0.25, 0.3) is 0 Å². The largest absolute Gasteiger partial charge is 0.398 e. The van der Waals surface area contributed by atoms with E-state index in [1.165, 1.54) is 11.1 Å². The molecule has 2 aromatic carbocycles. The molecule has 0 radical (unpaired) electrons. The van der Waals surface area contributed by atoms with Crippen LogP contribution in [0.15, 0.2) is 42.5 Å². The predicted octanol–water partition coefficient (Wildman–Crippen LogP) is 5.13. The predicted molar refractivity (Wildman–Crippen MR) is 124 cm³/mol. The van der Waals surface area contributed by atoms with E-state index in [-0.39, 0.29) is 5.54 Å². The molecule has 2 aromatic rings. The molecule has 0 amide bonds. The quantitative estimate of drug-likeness (QED) is 0.366. The molecule has 3 nitrogen and oxygen atoms in total. The lowest BCUT2D eigenvalue weighted by molar-refractivity contribution is 0.515. The summed E-state index contributed by atoms with van der Waals surface area (Å²) in [5.41, 5.74) is 9.93. The van der Waals surface area contributed by atoms with Gasteiger partial charge in [0.25, 0.3) is 0 Å². The zero-order valence-corrected chi connectivity index (χ0v) is 18.6. The SMILES string of the molecule is CCNCCc1ccc(Cl)c(N)c1.Cc1ccc(C(=S)NC(C)(C)C)cc1. The molecule has 27 heavy (non-hydrogen) atoms. The summed E-state index contributed by atoms with van der Waals surface area (Å²) in [6.07, 6.45) is 0.995. The smallest absolute Gasteiger partial charge is 0.106 e. The van der Waals surface area contributed by atoms with E-state index >= 15 is 0 Å². The van der Waals surface area contributed by atoms with Gasteiger partial charge < -0.3 is 16.4 Å². The van der Waals surface area contributed by atoms with Gasteiger partial charge in [0.2, 0.25) is 0 Å². The summed E-state index contributed by atoms with van der Waals surface area (Å²) >= 11 is 11.1. The highest BCUT2D eigenvalue weighted by atomic mass is 35.5. The van der Waals surface area contributed by atoms with E-state index in [1.807, 2.05) is 18.2 Å². The van der Waals surface area contributed by atoms with Crippen molar-refractivity contribution in [3.8, 4) is 0 Å². The number of nitrogens with one attached hydrogen (secondary N) is 2. The summed E-state index contributed by atoms with van der Waals surface area (Å²) in [7, 11) is 0. The van der Waals surface area contributed by atoms with Crippen LogP contribution in [0.1, 0.15) is 44.4 Å². The molecule has 0 aliphatic heterocycles. The van der Waals surface area contributed by atoms with Crippen LogP contribution in [-0.2, 0) is 6.42 Å². The highest BCUT2D eigenvalue weighted by Crippen LogP contribution is 2.19. The number of hydrogen-bond acceptors (Lipinski definition) is 3. The van der Waals surface area contributed by atoms with Crippen LogP contribution in [0.2, 0.25) is 5.02 Å². The number of aryl methyl sites for hydroxylation is 1. The summed E-state index contributed by atoms with van der Waals surface area (Å²) in [4.78, 5) is 0.817. The molecule has 0 fully saturated rings. The fourth-order valence-corrected chi connectivity index (χ4v) is 2.84. The molecule has 0 bridgehead atoms. The van der Waals surface area contributed by atoms with Crippen LogP contribution in [0, 0.1) is 6.92 Å². The topological polar surface area (TPSA) is 50.1 Å². The Kier molecular flexibility index (Phi) is 9.78. The van der Waals surface area contributed by atoms with E-state index in [9.17, 15) is 0 Å². The van der Waals surface area contributed by atoms with Crippen molar-refractivity contribution in [2.45, 2.75) is 46.6 Å². The van der Waals surface area contributed by atoms with Gasteiger partial charge >= 0.3 is 0 Å². The number of benzene rings is 2. The van der Waals surface area contributed by atoms with Crippen molar-refractivity contribution in [1.29, 1.82) is 0 Å². The number of anilines is 1. The van der Waals surface area contributed by atoms with Gasteiger partial charge in [-0.1, -0.05) is 66.6 Å². The minimum Gasteiger partial charge on any atom is -0.398 e. The van der Waals surface area contributed by atoms with Gasteiger partial charge in [-0.3, -0.25) is 0 Å². The van der Waals surface area contributed by atoms with Crippen LogP contribution in [0.5, 0.6) is 0 Å². The van der Waals surface area contributed by atoms with E-state index in [2.05, 4.69) is 69.5 Å². The fourth-order valence-electron chi connectivity index (χ4n) is 2.28. The molecule has 5 heteroatoms. The first-order valence-electron chi connectivity index (χ1n) is 9.26. The molecule has 0 aromatic heterocycles. The third-order valence-corrected chi connectivity index (χ3v) is 4.39. The number of nitrogens with two attached hydrogens (primary N) is 1. The third kappa shape index (κ3) is 9.76. The van der Waals surface area contributed by atoms with E-state index < -0.39 is 0 Å². The summed E-state index contributed by atoms with van der Waals surface area (Å²) < 4.78 is 0. The Morgan fingerprint density at radius 2 is 1.74 bits per heavy atom. The molecule has 0 heterocycles. The zero-order chi connectivity index (χ0) is 20.4. The van der Waals surface area contributed by atoms with Crippen LogP contribution in [-0.4, -0.2) is 23.6 Å². The molecule has 4 N–H and O–H groups in total. The second kappa shape index (κ2) is 11.3. The van der Waals surface area contributed by atoms with Gasteiger partial charge in [0.15, 0.2) is 0 Å². The monoisotopic (exact) mass is 405 g/mol. The first kappa shape index (κ1) is 23.4. The van der Waals surface area contributed by atoms with Gasteiger partial charge in [0.05, 0.1) is 10.7 Å². The van der Waals surface area contributed by atoms with E-state index in [1.54, 1.807) is 0 Å². The molecular formula is C22H32ClN3S. The molecule has 148 valence electrons. The maximum Gasteiger partial charge on any atom is 0.106 e. The lowest BCUT2D eigenvalue weighted by atomic mass is 10.1. The number of rotatable bonds is 5. The van der Waals surface area contributed by atoms with Gasteiger partial charge in [-0.2, -0.15) is 0 Å². The van der Waals surface area contributed by atoms with Gasteiger partial charge in [0.1, 0.15) is 4.99 Å². The fraction of sp³-hybridized carbons (Fsp3) is 0.409. The van der Waals surface area contributed by atoms with Crippen molar-refractivity contribution >= 4 is 34.5 Å². The minimum atomic E-state index is 0.0297. The molecule has 0 aliphatic rings. The molecule has 0 spiro atoms. The second-order valence-electron chi connectivity index (χ2n) is 7.53. The molecule has 2 rings (SSSR count). The average Bonchev–Trinajstić information content (AvgIpc) is 2.58. The van der Waals surface area contributed by atoms with Gasteiger partial charge in [-0.15, -0.1) is 0 Å². The Bertz CT molecular complexity index is 721. The lowest BCUT2D eigenvalue weighted by Gasteiger charge is -2.22. The molecular weight excluding hydrogens is 374 g/mol. The van der Waals surface area contributed by atoms with E-state index in [0.717, 1.165) is 30.1 Å². The Hall–Kier alpha value is -1.62. The number of likely N-dealkylation sites (N-methyl/N-ethyl adjacent to an activating group) is 1. The molecule has 0 unspecified atom stereocenters. The number of halogens is 1. The van der Waals surface area contributed by atoms with Gasteiger partial charge in [0, 0.05) is 11.1 Å². The minimum absolute atomic E-state index is 0.0297. The lowest BCUT2D eigenvalue weighted by Crippen LogP contribution is -2.39. The van der Waals surface area contributed by atoms with Crippen LogP contribution in [0.3, 0.4) is 0 Å². The average molecular weight is 406 g/mol. The Balaban J connectivity index is 0.000000271. The van der Waals surface area contributed by atoms with Crippen molar-refractivity contribution < 1.29 is 0 Å². The van der Waals surface area contributed by atoms with Gasteiger partial charge in [-0.25, -0.2) is 0 Å². The van der Waals surface area contributed by atoms with E-state index in [4.69, 9.17) is 29.6 Å². The summed E-state index contributed by atoms with van der Waals surface area (Å²) in [6, 6.07) is 14.0.